The van der Waals surface area contributed by atoms with Crippen LogP contribution in [0.2, 0.25) is 0 Å². The van der Waals surface area contributed by atoms with E-state index >= 15 is 0 Å². The number of benzene rings is 4. The molecule has 4 fully saturated rings. The Bertz CT molecular complexity index is 6510. The van der Waals surface area contributed by atoms with Gasteiger partial charge in [-0.3, -0.25) is 43.0 Å². The molecule has 147 heavy (non-hydrogen) atoms. The molecular formula is C112H136N14O17S4. The monoisotopic (exact) mass is 2080 g/mol. The first-order valence-electron chi connectivity index (χ1n) is 50.2. The number of aromatic nitrogens is 9. The summed E-state index contributed by atoms with van der Waals surface area (Å²) in [5, 5.41) is 60.8. The number of hydrogen-bond donors (Lipinski definition) is 5. The van der Waals surface area contributed by atoms with E-state index in [1.54, 1.807) is 105 Å². The normalized spacial score (nSPS) is 19.3. The number of methoxy groups -OCH3 is 1. The van der Waals surface area contributed by atoms with Gasteiger partial charge in [-0.1, -0.05) is 208 Å². The zero-order valence-corrected chi connectivity index (χ0v) is 90.0. The van der Waals surface area contributed by atoms with Crippen molar-refractivity contribution in [3.8, 4) is 48.7 Å². The molecule has 780 valence electrons. The summed E-state index contributed by atoms with van der Waals surface area (Å²) >= 11 is 6.39. The van der Waals surface area contributed by atoms with Crippen LogP contribution in [0.3, 0.4) is 0 Å². The fraction of sp³-hybridized carbons (Fsp3) is 0.446. The van der Waals surface area contributed by atoms with E-state index < -0.39 is 72.4 Å². The van der Waals surface area contributed by atoms with Crippen molar-refractivity contribution in [2.45, 2.75) is 260 Å². The second-order valence-electron chi connectivity index (χ2n) is 39.9. The lowest BCUT2D eigenvalue weighted by Crippen LogP contribution is -2.48. The molecule has 0 spiro atoms. The summed E-state index contributed by atoms with van der Waals surface area (Å²) in [6, 6.07) is 35.5. The third kappa shape index (κ3) is 28.0. The molecule has 0 unspecified atom stereocenters. The predicted octanol–water partition coefficient (Wildman–Crippen LogP) is 19.3. The number of para-hydroxylation sites is 1. The number of hydrogen-bond acceptors (Lipinski definition) is 29. The molecule has 4 saturated heterocycles. The van der Waals surface area contributed by atoms with E-state index in [0.29, 0.717) is 65.3 Å². The summed E-state index contributed by atoms with van der Waals surface area (Å²) in [7, 11) is 1.48. The Morgan fingerprint density at radius 2 is 0.925 bits per heavy atom. The Kier molecular flexibility index (Phi) is 38.9. The number of aliphatic hydroxyl groups is 4. The molecule has 5 N–H and O–H groups in total. The maximum absolute atomic E-state index is 13.9. The average Bonchev–Trinajstić information content (AvgIpc) is 1.66. The van der Waals surface area contributed by atoms with Gasteiger partial charge in [0.2, 0.25) is 29.5 Å². The molecular weight excluding hydrogens is 1940 g/mol. The Morgan fingerprint density at radius 3 is 1.35 bits per heavy atom. The number of aryl methyl sites for hydroxylation is 7. The number of likely N-dealkylation sites (tertiary alicyclic amines) is 4. The number of carbonyl (C=O) groups excluding carboxylic acids is 8. The molecule has 0 radical (unpaired) electrons. The minimum Gasteiger partial charge on any atom is -0.479 e. The number of thiazole rings is 4. The van der Waals surface area contributed by atoms with Crippen molar-refractivity contribution in [1.29, 1.82) is 0 Å². The second kappa shape index (κ2) is 51.3. The van der Waals surface area contributed by atoms with E-state index in [9.17, 15) is 58.8 Å². The molecule has 5 amide bonds. The van der Waals surface area contributed by atoms with Gasteiger partial charge in [0.15, 0.2) is 28.9 Å². The van der Waals surface area contributed by atoms with Crippen LogP contribution in [-0.2, 0) is 44.8 Å². The van der Waals surface area contributed by atoms with Crippen molar-refractivity contribution in [2.75, 3.05) is 33.3 Å². The largest absolute Gasteiger partial charge is 0.479 e. The summed E-state index contributed by atoms with van der Waals surface area (Å²) in [5.41, 5.74) is 20.1. The van der Waals surface area contributed by atoms with Gasteiger partial charge in [0, 0.05) is 89.3 Å². The van der Waals surface area contributed by atoms with E-state index in [-0.39, 0.29) is 153 Å². The molecule has 12 aromatic rings. The quantitative estimate of drug-likeness (QED) is 0.0226. The number of Topliss-reactive ketones (excluding diaryl/α,β-unsaturated/α-hetero) is 3. The van der Waals surface area contributed by atoms with Crippen molar-refractivity contribution < 1.29 is 81.8 Å². The van der Waals surface area contributed by atoms with Gasteiger partial charge in [0.1, 0.15) is 47.1 Å². The van der Waals surface area contributed by atoms with E-state index in [0.717, 1.165) is 81.2 Å². The molecule has 12 heterocycles. The first-order chi connectivity index (χ1) is 70.3. The van der Waals surface area contributed by atoms with Gasteiger partial charge in [-0.05, 0) is 146 Å². The summed E-state index contributed by atoms with van der Waals surface area (Å²) < 4.78 is 28.7. The number of carbonyl (C=O) groups is 8. The van der Waals surface area contributed by atoms with Gasteiger partial charge in [-0.15, -0.1) is 45.3 Å². The molecule has 0 bridgehead atoms. The maximum atomic E-state index is 13.9. The van der Waals surface area contributed by atoms with Gasteiger partial charge in [-0.25, -0.2) is 19.9 Å². The molecule has 31 nitrogen and oxygen atoms in total. The van der Waals surface area contributed by atoms with Gasteiger partial charge in [0.05, 0.1) is 144 Å². The van der Waals surface area contributed by atoms with Crippen LogP contribution < -0.4 is 14.8 Å². The third-order valence-electron chi connectivity index (χ3n) is 27.2. The van der Waals surface area contributed by atoms with Crippen molar-refractivity contribution in [2.24, 2.45) is 29.6 Å². The highest BCUT2D eigenvalue weighted by Crippen LogP contribution is 2.41. The molecule has 4 aliphatic rings. The Balaban J connectivity index is 0.000000164. The van der Waals surface area contributed by atoms with Crippen LogP contribution in [0.5, 0.6) is 17.4 Å². The molecule has 8 aromatic heterocycles. The summed E-state index contributed by atoms with van der Waals surface area (Å²) in [5.74, 6) is -0.501. The number of β-amino-alcohol motifs (C(OH)–C–C–N with tert-alkyl or cyclic N) is 4. The number of rotatable bonds is 37. The van der Waals surface area contributed by atoms with E-state index in [1.807, 2.05) is 223 Å². The van der Waals surface area contributed by atoms with Crippen LogP contribution in [-0.4, -0.2) is 214 Å². The fourth-order valence-corrected chi connectivity index (χ4v) is 22.7. The van der Waals surface area contributed by atoms with Crippen molar-refractivity contribution in [1.82, 2.24) is 70.1 Å². The van der Waals surface area contributed by atoms with Gasteiger partial charge in [-0.2, -0.15) is 5.10 Å². The van der Waals surface area contributed by atoms with Crippen molar-refractivity contribution in [3.63, 3.8) is 0 Å². The average molecular weight is 2080 g/mol. The fourth-order valence-electron chi connectivity index (χ4n) is 19.5. The smallest absolute Gasteiger partial charge is 0.254 e. The number of aliphatic hydroxyl groups excluding tert-OH is 4. The lowest BCUT2D eigenvalue weighted by Gasteiger charge is -2.30. The number of nitrogens with one attached hydrogen (secondary N) is 1. The summed E-state index contributed by atoms with van der Waals surface area (Å²) in [4.78, 5) is 136. The summed E-state index contributed by atoms with van der Waals surface area (Å²) in [6.07, 6.45) is 11.1. The molecule has 0 aliphatic carbocycles. The molecule has 16 rings (SSSR count). The highest BCUT2D eigenvalue weighted by Gasteiger charge is 2.48. The third-order valence-corrected chi connectivity index (χ3v) is 31.2. The number of allylic oxidation sites excluding steroid dienone is 5. The highest BCUT2D eigenvalue weighted by atomic mass is 32.1. The first kappa shape index (κ1) is 111. The van der Waals surface area contributed by atoms with E-state index in [1.165, 1.54) is 21.8 Å². The Hall–Kier alpha value is -12.7. The van der Waals surface area contributed by atoms with Crippen LogP contribution in [0.15, 0.2) is 200 Å². The van der Waals surface area contributed by atoms with Gasteiger partial charge in [0.25, 0.3) is 5.88 Å². The molecule has 0 saturated carbocycles. The molecule has 15 atom stereocenters. The Morgan fingerprint density at radius 1 is 0.497 bits per heavy atom. The predicted molar refractivity (Wildman–Crippen MR) is 568 cm³/mol. The zero-order valence-electron chi connectivity index (χ0n) is 86.7. The number of ether oxygens (including phenoxy) is 2. The lowest BCUT2D eigenvalue weighted by atomic mass is 9.90. The minimum atomic E-state index is -0.754. The highest BCUT2D eigenvalue weighted by molar-refractivity contribution is 7.14. The Labute approximate surface area is 875 Å². The molecule has 4 aliphatic heterocycles. The van der Waals surface area contributed by atoms with Crippen LogP contribution in [0, 0.1) is 71.1 Å². The maximum Gasteiger partial charge on any atom is 0.254 e. The summed E-state index contributed by atoms with van der Waals surface area (Å²) in [6.45, 7) is 37.5. The van der Waals surface area contributed by atoms with Crippen molar-refractivity contribution >= 4 is 97.8 Å². The lowest BCUT2D eigenvalue weighted by molar-refractivity contribution is -0.142. The van der Waals surface area contributed by atoms with E-state index in [4.69, 9.17) is 23.0 Å². The SMILES string of the molecule is C=C/C(=C\C=C\[C@H](C)CC(=O)[C@@H]1C[C@@H](O)CN1C(=O)[C@@H](c1cc(C)no1)C(C)C)c1scnc1C.CC[C@H](NC(=O)[C@@H]1C[C@@H](O)CN1C(=O)[C@@H](c1cc(C)no1)C(C)C)c1ccc(-c2scnc2C)cc1.COc1cc([C@H](C(=O)N2C[C@H](O)C[C@H]2C(=O)CCc2ccc(-c3scnc3C)cc2)C(C)C)on1.Cc1ncsc1-c1ccc([C@H](C)CC(=O)[C@@H]2C[C@@H](O)CN2C(=O)[C@H](C(C)C)n2cc(Oc3ccccc3)cn2)cc1. The first-order valence-corrected chi connectivity index (χ1v) is 53.7. The van der Waals surface area contributed by atoms with Crippen LogP contribution in [0.1, 0.15) is 236 Å². The van der Waals surface area contributed by atoms with Crippen LogP contribution in [0.4, 0.5) is 0 Å². The second-order valence-corrected chi connectivity index (χ2v) is 43.3. The molecule has 35 heteroatoms. The minimum absolute atomic E-state index is 0.0279. The number of amides is 5. The van der Waals surface area contributed by atoms with Crippen LogP contribution in [0.25, 0.3) is 36.9 Å². The van der Waals surface area contributed by atoms with E-state index in [2.05, 4.69) is 76.7 Å². The van der Waals surface area contributed by atoms with Gasteiger partial charge >= 0.3 is 0 Å². The van der Waals surface area contributed by atoms with Crippen molar-refractivity contribution in [3.05, 3.63) is 260 Å². The van der Waals surface area contributed by atoms with Crippen LogP contribution >= 0.6 is 45.3 Å². The van der Waals surface area contributed by atoms with Gasteiger partial charge < -0.3 is 68.4 Å². The topological polar surface area (TPSA) is 408 Å². The number of nitrogens with zero attached hydrogens (tertiary/aromatic N) is 13. The standard InChI is InChI=1S/C32H36N4O4S.C27H34N4O4S.C27H35N3O4S.C26H31N3O5S/c1-20(2)30(36-18-27(16-34-36)40-26-8-6-5-7-9-26)32(39)35-17-25(37)15-28(35)29(38)14-21(3)23-10-12-24(13-11-23)31-22(4)33-19-41-31;1-6-21(18-7-9-19(10-8-18)25-17(5)28-14-36-25)29-26(33)22-12-20(32)13-31(22)27(34)24(15(2)3)23-11-16(4)30-35-23;1-7-20(26-19(6)28-15-35-26)10-8-9-17(4)11-23(32)22-13-21(31)14-30(22)27(33)25(16(2)3)24-12-18(5)29-34-24;1-15(2)24(22-12-23(33-4)28-34-22)26(32)29-13-19(30)11-20(29)21(31)10-7-17-5-8-18(9-6-17)25-16(3)27-14-35-25/h5-13,16,18-21,25,28,30,37H,14-15,17H2,1-4H3;7-11,14-15,20-22,24,32H,6,12-13H2,1-5H3,(H,29,33);7-10,12,15-17,21-22,25,31H,1,11,13-14H2,2-6H3;5-6,8-9,12,14-15,19-20,24,30H,7,10-11,13H2,1-4H3/b;;9-8+,20-10+;/t21-,25-,28+,30+;20-,21+,22+,24-;17-,21+,22-,25+;19-,20+,24-/m1101/s1. The molecule has 4 aromatic carbocycles. The number of ketones is 3. The zero-order chi connectivity index (χ0) is 106.